The van der Waals surface area contributed by atoms with Crippen molar-refractivity contribution in [3.05, 3.63) is 0 Å². The molecule has 1 atom stereocenters. The summed E-state index contributed by atoms with van der Waals surface area (Å²) in [6.07, 6.45) is 0. The molecule has 1 N–H and O–H groups in total. The van der Waals surface area contributed by atoms with E-state index in [1.807, 2.05) is 0 Å². The first-order chi connectivity index (χ1) is 6.75. The van der Waals surface area contributed by atoms with Crippen molar-refractivity contribution in [2.45, 2.75) is 19.1 Å². The molecule has 0 amide bonds. The SMILES string of the molecule is CCS(=O)(=O)CCNS(=O)(=O)C(C)C#N. The molecule has 1 unspecified atom stereocenters. The molecular formula is C7H14N2O4S2. The van der Waals surface area contributed by atoms with Crippen molar-refractivity contribution in [3.63, 3.8) is 0 Å². The number of hydrogen-bond donors (Lipinski definition) is 1. The van der Waals surface area contributed by atoms with Crippen LogP contribution in [0.15, 0.2) is 0 Å². The van der Waals surface area contributed by atoms with Crippen molar-refractivity contribution >= 4 is 19.9 Å². The Hall–Kier alpha value is -0.650. The van der Waals surface area contributed by atoms with Crippen LogP contribution in [0.25, 0.3) is 0 Å². The van der Waals surface area contributed by atoms with Gasteiger partial charge in [0.05, 0.1) is 11.8 Å². The Bertz CT molecular complexity index is 432. The van der Waals surface area contributed by atoms with E-state index in [2.05, 4.69) is 4.72 Å². The van der Waals surface area contributed by atoms with E-state index >= 15 is 0 Å². The molecule has 8 heteroatoms. The smallest absolute Gasteiger partial charge is 0.227 e. The van der Waals surface area contributed by atoms with Gasteiger partial charge in [0.2, 0.25) is 10.0 Å². The first kappa shape index (κ1) is 14.3. The van der Waals surface area contributed by atoms with Gasteiger partial charge >= 0.3 is 0 Å². The monoisotopic (exact) mass is 254 g/mol. The fourth-order valence-corrected chi connectivity index (χ4v) is 2.28. The number of sulfonamides is 1. The van der Waals surface area contributed by atoms with Gasteiger partial charge in [0, 0.05) is 12.3 Å². The second-order valence-electron chi connectivity index (χ2n) is 2.95. The Labute approximate surface area is 90.3 Å². The van der Waals surface area contributed by atoms with Gasteiger partial charge in [-0.2, -0.15) is 5.26 Å². The van der Waals surface area contributed by atoms with E-state index in [9.17, 15) is 16.8 Å². The largest absolute Gasteiger partial charge is 0.229 e. The zero-order chi connectivity index (χ0) is 12.1. The molecule has 0 bridgehead atoms. The maximum absolute atomic E-state index is 11.2. The molecule has 0 spiro atoms. The number of nitrogens with one attached hydrogen (secondary N) is 1. The molecule has 0 saturated heterocycles. The molecule has 0 fully saturated rings. The van der Waals surface area contributed by atoms with Crippen LogP contribution in [0.4, 0.5) is 0 Å². The van der Waals surface area contributed by atoms with E-state index in [1.165, 1.54) is 13.8 Å². The fourth-order valence-electron chi connectivity index (χ4n) is 0.678. The van der Waals surface area contributed by atoms with Gasteiger partial charge in [0.1, 0.15) is 0 Å². The second-order valence-corrected chi connectivity index (χ2v) is 7.51. The molecule has 0 rings (SSSR count). The molecule has 0 aliphatic rings. The molecule has 88 valence electrons. The van der Waals surface area contributed by atoms with Crippen LogP contribution in [0.5, 0.6) is 0 Å². The van der Waals surface area contributed by atoms with Gasteiger partial charge in [-0.1, -0.05) is 6.92 Å². The summed E-state index contributed by atoms with van der Waals surface area (Å²) in [6, 6.07) is 1.57. The Morgan fingerprint density at radius 3 is 2.27 bits per heavy atom. The summed E-state index contributed by atoms with van der Waals surface area (Å²) in [4.78, 5) is 0. The molecular weight excluding hydrogens is 240 g/mol. The molecule has 6 nitrogen and oxygen atoms in total. The van der Waals surface area contributed by atoms with Gasteiger partial charge in [-0.3, -0.25) is 0 Å². The molecule has 15 heavy (non-hydrogen) atoms. The van der Waals surface area contributed by atoms with E-state index in [0.717, 1.165) is 0 Å². The lowest BCUT2D eigenvalue weighted by Crippen LogP contribution is -2.35. The highest BCUT2D eigenvalue weighted by atomic mass is 32.2. The lowest BCUT2D eigenvalue weighted by molar-refractivity contribution is 0.577. The number of rotatable bonds is 6. The van der Waals surface area contributed by atoms with Crippen LogP contribution in [0, 0.1) is 11.3 Å². The molecule has 0 aliphatic carbocycles. The van der Waals surface area contributed by atoms with E-state index in [0.29, 0.717) is 0 Å². The molecule has 0 saturated carbocycles. The number of sulfone groups is 1. The number of hydrogen-bond acceptors (Lipinski definition) is 5. The normalized spacial score (nSPS) is 14.5. The van der Waals surface area contributed by atoms with Crippen LogP contribution in [0.3, 0.4) is 0 Å². The highest BCUT2D eigenvalue weighted by molar-refractivity contribution is 7.91. The zero-order valence-corrected chi connectivity index (χ0v) is 10.2. The Kier molecular flexibility index (Phi) is 5.20. The van der Waals surface area contributed by atoms with Crippen LogP contribution in [-0.2, 0) is 19.9 Å². The first-order valence-electron chi connectivity index (χ1n) is 4.33. The van der Waals surface area contributed by atoms with Gasteiger partial charge in [-0.15, -0.1) is 0 Å². The van der Waals surface area contributed by atoms with Gasteiger partial charge in [0.25, 0.3) is 0 Å². The molecule has 0 aromatic heterocycles. The summed E-state index contributed by atoms with van der Waals surface area (Å²) in [5.41, 5.74) is 0. The molecule has 0 aliphatic heterocycles. The van der Waals surface area contributed by atoms with Crippen LogP contribution in [-0.4, -0.2) is 40.1 Å². The van der Waals surface area contributed by atoms with Crippen LogP contribution < -0.4 is 4.72 Å². The van der Waals surface area contributed by atoms with Gasteiger partial charge in [-0.05, 0) is 6.92 Å². The summed E-state index contributed by atoms with van der Waals surface area (Å²) in [6.45, 7) is 2.53. The van der Waals surface area contributed by atoms with Crippen molar-refractivity contribution in [1.29, 1.82) is 5.26 Å². The predicted octanol–water partition coefficient (Wildman–Crippen LogP) is -0.747. The van der Waals surface area contributed by atoms with Crippen molar-refractivity contribution in [2.75, 3.05) is 18.1 Å². The minimum Gasteiger partial charge on any atom is -0.229 e. The van der Waals surface area contributed by atoms with Crippen LogP contribution in [0.1, 0.15) is 13.8 Å². The van der Waals surface area contributed by atoms with E-state index < -0.39 is 25.1 Å². The Morgan fingerprint density at radius 1 is 1.33 bits per heavy atom. The van der Waals surface area contributed by atoms with E-state index in [4.69, 9.17) is 5.26 Å². The predicted molar refractivity (Wildman–Crippen MR) is 56.3 cm³/mol. The van der Waals surface area contributed by atoms with Gasteiger partial charge < -0.3 is 0 Å². The quantitative estimate of drug-likeness (QED) is 0.671. The number of nitrogens with zero attached hydrogens (tertiary/aromatic N) is 1. The average molecular weight is 254 g/mol. The third-order valence-corrected chi connectivity index (χ3v) is 5.15. The number of nitriles is 1. The average Bonchev–Trinajstić information content (AvgIpc) is 2.16. The third kappa shape index (κ3) is 5.11. The summed E-state index contributed by atoms with van der Waals surface area (Å²) >= 11 is 0. The summed E-state index contributed by atoms with van der Waals surface area (Å²) in [7, 11) is -6.90. The maximum atomic E-state index is 11.2. The lowest BCUT2D eigenvalue weighted by Gasteiger charge is -2.07. The summed E-state index contributed by atoms with van der Waals surface area (Å²) in [5.74, 6) is -0.274. The highest BCUT2D eigenvalue weighted by Crippen LogP contribution is 1.96. The Balaban J connectivity index is 4.27. The minimum absolute atomic E-state index is 0.0253. The summed E-state index contributed by atoms with van der Waals surface area (Å²) in [5, 5.41) is 7.21. The van der Waals surface area contributed by atoms with Crippen molar-refractivity contribution < 1.29 is 16.8 Å². The third-order valence-electron chi connectivity index (χ3n) is 1.80. The molecule has 0 heterocycles. The topological polar surface area (TPSA) is 104 Å². The second kappa shape index (κ2) is 5.44. The van der Waals surface area contributed by atoms with Gasteiger partial charge in [-0.25, -0.2) is 21.6 Å². The molecule has 0 aromatic rings. The highest BCUT2D eigenvalue weighted by Gasteiger charge is 2.20. The molecule has 0 radical (unpaired) electrons. The van der Waals surface area contributed by atoms with Crippen molar-refractivity contribution in [1.82, 2.24) is 4.72 Å². The van der Waals surface area contributed by atoms with Gasteiger partial charge in [0.15, 0.2) is 15.1 Å². The summed E-state index contributed by atoms with van der Waals surface area (Å²) < 4.78 is 46.5. The first-order valence-corrected chi connectivity index (χ1v) is 7.70. The van der Waals surface area contributed by atoms with Crippen molar-refractivity contribution in [3.8, 4) is 6.07 Å². The standard InChI is InChI=1S/C7H14N2O4S2/c1-3-14(10,11)5-4-9-15(12,13)7(2)6-8/h7,9H,3-5H2,1-2H3. The lowest BCUT2D eigenvalue weighted by atomic mass is 10.5. The van der Waals surface area contributed by atoms with E-state index in [1.54, 1.807) is 6.07 Å². The van der Waals surface area contributed by atoms with Crippen molar-refractivity contribution in [2.24, 2.45) is 0 Å². The maximum Gasteiger partial charge on any atom is 0.227 e. The van der Waals surface area contributed by atoms with Crippen LogP contribution in [0.2, 0.25) is 0 Å². The zero-order valence-electron chi connectivity index (χ0n) is 8.60. The minimum atomic E-state index is -3.72. The van der Waals surface area contributed by atoms with E-state index in [-0.39, 0.29) is 18.1 Å². The molecule has 0 aromatic carbocycles. The van der Waals surface area contributed by atoms with Crippen LogP contribution >= 0.6 is 0 Å². The Morgan fingerprint density at radius 2 is 1.87 bits per heavy atom. The fraction of sp³-hybridized carbons (Fsp3) is 0.857.